The van der Waals surface area contributed by atoms with Gasteiger partial charge in [-0.1, -0.05) is 0 Å². The van der Waals surface area contributed by atoms with Gasteiger partial charge < -0.3 is 14.6 Å². The number of methoxy groups -OCH3 is 1. The lowest BCUT2D eigenvalue weighted by Crippen LogP contribution is -2.33. The number of aliphatic hydroxyl groups is 1. The summed E-state index contributed by atoms with van der Waals surface area (Å²) in [5.74, 6) is 1.52. The summed E-state index contributed by atoms with van der Waals surface area (Å²) in [6.07, 6.45) is 2.23. The van der Waals surface area contributed by atoms with Crippen molar-refractivity contribution in [3.05, 3.63) is 29.8 Å². The standard InChI is InChI=1S/C14H17NO3/c1-17-11-5-2-9(3-6-11)14-15-12-7-4-10(16)8-13(12)18-14/h2-3,5-6,10,12-13,16H,4,7-8H2,1H3. The second kappa shape index (κ2) is 4.61. The molecule has 18 heavy (non-hydrogen) atoms. The molecule has 1 aromatic rings. The number of hydrogen-bond acceptors (Lipinski definition) is 4. The van der Waals surface area contributed by atoms with Crippen LogP contribution >= 0.6 is 0 Å². The number of aliphatic imine (C=N–C) groups is 1. The number of nitrogens with zero attached hydrogens (tertiary/aromatic N) is 1. The molecule has 1 saturated carbocycles. The molecule has 0 aromatic heterocycles. The van der Waals surface area contributed by atoms with Crippen LogP contribution in [0.5, 0.6) is 5.75 Å². The topological polar surface area (TPSA) is 51.0 Å². The van der Waals surface area contributed by atoms with Crippen LogP contribution in [0, 0.1) is 0 Å². The summed E-state index contributed by atoms with van der Waals surface area (Å²) < 4.78 is 11.0. The number of fused-ring (bicyclic) bond motifs is 1. The first-order valence-electron chi connectivity index (χ1n) is 6.33. The molecule has 96 valence electrons. The Bertz CT molecular complexity index is 455. The molecular weight excluding hydrogens is 230 g/mol. The quantitative estimate of drug-likeness (QED) is 0.866. The minimum absolute atomic E-state index is 0.0471. The molecule has 2 aliphatic rings. The molecule has 0 spiro atoms. The summed E-state index contributed by atoms with van der Waals surface area (Å²) in [6.45, 7) is 0. The van der Waals surface area contributed by atoms with Gasteiger partial charge >= 0.3 is 0 Å². The van der Waals surface area contributed by atoms with Crippen LogP contribution in [0.15, 0.2) is 29.3 Å². The highest BCUT2D eigenvalue weighted by molar-refractivity contribution is 5.95. The Hall–Kier alpha value is -1.55. The zero-order valence-electron chi connectivity index (χ0n) is 10.4. The SMILES string of the molecule is COc1ccc(C2=NC3CCC(O)CC3O2)cc1. The summed E-state index contributed by atoms with van der Waals surface area (Å²) in [5, 5.41) is 9.63. The lowest BCUT2D eigenvalue weighted by Gasteiger charge is -2.26. The average Bonchev–Trinajstić information content (AvgIpc) is 2.81. The number of hydrogen-bond donors (Lipinski definition) is 1. The first-order valence-corrected chi connectivity index (χ1v) is 6.33. The molecule has 4 nitrogen and oxygen atoms in total. The highest BCUT2D eigenvalue weighted by atomic mass is 16.5. The van der Waals surface area contributed by atoms with Gasteiger partial charge in [0.1, 0.15) is 11.9 Å². The fraction of sp³-hybridized carbons (Fsp3) is 0.500. The predicted octanol–water partition coefficient (Wildman–Crippen LogP) is 1.75. The van der Waals surface area contributed by atoms with E-state index in [2.05, 4.69) is 4.99 Å². The maximum Gasteiger partial charge on any atom is 0.216 e. The molecule has 0 saturated heterocycles. The number of aliphatic hydroxyl groups excluding tert-OH is 1. The molecule has 1 aromatic carbocycles. The average molecular weight is 247 g/mol. The maximum atomic E-state index is 9.63. The largest absolute Gasteiger partial charge is 0.497 e. The molecule has 0 amide bonds. The van der Waals surface area contributed by atoms with E-state index in [0.717, 1.165) is 24.2 Å². The van der Waals surface area contributed by atoms with Crippen molar-refractivity contribution in [2.24, 2.45) is 4.99 Å². The fourth-order valence-corrected chi connectivity index (χ4v) is 2.57. The van der Waals surface area contributed by atoms with Crippen molar-refractivity contribution >= 4 is 5.90 Å². The lowest BCUT2D eigenvalue weighted by molar-refractivity contribution is 0.0507. The van der Waals surface area contributed by atoms with Crippen LogP contribution in [-0.2, 0) is 4.74 Å². The van der Waals surface area contributed by atoms with Gasteiger partial charge in [0.2, 0.25) is 5.90 Å². The molecule has 4 heteroatoms. The monoisotopic (exact) mass is 247 g/mol. The van der Waals surface area contributed by atoms with E-state index in [0.29, 0.717) is 12.3 Å². The molecule has 1 aliphatic heterocycles. The highest BCUT2D eigenvalue weighted by Gasteiger charge is 2.36. The Morgan fingerprint density at radius 1 is 1.28 bits per heavy atom. The first-order chi connectivity index (χ1) is 8.76. The summed E-state index contributed by atoms with van der Waals surface area (Å²) >= 11 is 0. The summed E-state index contributed by atoms with van der Waals surface area (Å²) in [7, 11) is 1.65. The predicted molar refractivity (Wildman–Crippen MR) is 68.0 cm³/mol. The molecule has 0 radical (unpaired) electrons. The van der Waals surface area contributed by atoms with Gasteiger partial charge in [-0.3, -0.25) is 0 Å². The molecule has 0 bridgehead atoms. The third-order valence-corrected chi connectivity index (χ3v) is 3.61. The summed E-state index contributed by atoms with van der Waals surface area (Å²) in [4.78, 5) is 4.61. The van der Waals surface area contributed by atoms with Crippen LogP contribution in [0.3, 0.4) is 0 Å². The van der Waals surface area contributed by atoms with Crippen LogP contribution < -0.4 is 4.74 Å². The van der Waals surface area contributed by atoms with Gasteiger partial charge in [0.15, 0.2) is 0 Å². The molecule has 1 fully saturated rings. The second-order valence-corrected chi connectivity index (χ2v) is 4.85. The number of benzene rings is 1. The van der Waals surface area contributed by atoms with E-state index in [1.807, 2.05) is 24.3 Å². The third-order valence-electron chi connectivity index (χ3n) is 3.61. The molecule has 3 unspecified atom stereocenters. The van der Waals surface area contributed by atoms with Crippen LogP contribution in [0.25, 0.3) is 0 Å². The Kier molecular flexibility index (Phi) is 2.96. The smallest absolute Gasteiger partial charge is 0.216 e. The molecule has 1 heterocycles. The van der Waals surface area contributed by atoms with Gasteiger partial charge in [-0.05, 0) is 37.1 Å². The first kappa shape index (κ1) is 11.5. The van der Waals surface area contributed by atoms with E-state index in [1.165, 1.54) is 0 Å². The van der Waals surface area contributed by atoms with Crippen molar-refractivity contribution < 1.29 is 14.6 Å². The van der Waals surface area contributed by atoms with Crippen molar-refractivity contribution in [1.29, 1.82) is 0 Å². The van der Waals surface area contributed by atoms with Gasteiger partial charge in [-0.25, -0.2) is 4.99 Å². The zero-order chi connectivity index (χ0) is 12.5. The van der Waals surface area contributed by atoms with E-state index in [1.54, 1.807) is 7.11 Å². The third kappa shape index (κ3) is 2.08. The van der Waals surface area contributed by atoms with E-state index >= 15 is 0 Å². The second-order valence-electron chi connectivity index (χ2n) is 4.85. The van der Waals surface area contributed by atoms with E-state index in [9.17, 15) is 5.11 Å². The highest BCUT2D eigenvalue weighted by Crippen LogP contribution is 2.30. The number of ether oxygens (including phenoxy) is 2. The van der Waals surface area contributed by atoms with E-state index in [4.69, 9.17) is 9.47 Å². The molecule has 3 atom stereocenters. The maximum absolute atomic E-state index is 9.63. The van der Waals surface area contributed by atoms with Gasteiger partial charge in [0.25, 0.3) is 0 Å². The van der Waals surface area contributed by atoms with Crippen molar-refractivity contribution in [1.82, 2.24) is 0 Å². The summed E-state index contributed by atoms with van der Waals surface area (Å²) in [5.41, 5.74) is 0.972. The van der Waals surface area contributed by atoms with Gasteiger partial charge in [0.05, 0.1) is 19.3 Å². The zero-order valence-corrected chi connectivity index (χ0v) is 10.4. The Morgan fingerprint density at radius 3 is 2.78 bits per heavy atom. The van der Waals surface area contributed by atoms with Crippen molar-refractivity contribution in [3.8, 4) is 5.75 Å². The van der Waals surface area contributed by atoms with Crippen LogP contribution in [0.4, 0.5) is 0 Å². The van der Waals surface area contributed by atoms with Crippen LogP contribution in [0.1, 0.15) is 24.8 Å². The van der Waals surface area contributed by atoms with Gasteiger partial charge in [-0.2, -0.15) is 0 Å². The van der Waals surface area contributed by atoms with E-state index in [-0.39, 0.29) is 18.2 Å². The Labute approximate surface area is 106 Å². The van der Waals surface area contributed by atoms with Crippen LogP contribution in [0.2, 0.25) is 0 Å². The summed E-state index contributed by atoms with van der Waals surface area (Å²) in [6, 6.07) is 7.91. The molecule has 1 N–H and O–H groups in total. The van der Waals surface area contributed by atoms with Crippen molar-refractivity contribution in [3.63, 3.8) is 0 Å². The van der Waals surface area contributed by atoms with Crippen molar-refractivity contribution in [2.45, 2.75) is 37.5 Å². The molecule has 3 rings (SSSR count). The van der Waals surface area contributed by atoms with Crippen molar-refractivity contribution in [2.75, 3.05) is 7.11 Å². The minimum Gasteiger partial charge on any atom is -0.497 e. The van der Waals surface area contributed by atoms with Crippen LogP contribution in [-0.4, -0.2) is 36.4 Å². The molecular formula is C14H17NO3. The Balaban J connectivity index is 1.77. The lowest BCUT2D eigenvalue weighted by atomic mass is 9.91. The van der Waals surface area contributed by atoms with E-state index < -0.39 is 0 Å². The minimum atomic E-state index is -0.239. The van der Waals surface area contributed by atoms with Gasteiger partial charge in [-0.15, -0.1) is 0 Å². The number of rotatable bonds is 2. The van der Waals surface area contributed by atoms with Gasteiger partial charge in [0, 0.05) is 12.0 Å². The normalized spacial score (nSPS) is 30.3. The molecule has 1 aliphatic carbocycles. The fourth-order valence-electron chi connectivity index (χ4n) is 2.57. The Morgan fingerprint density at radius 2 is 2.06 bits per heavy atom.